The van der Waals surface area contributed by atoms with Gasteiger partial charge in [0.15, 0.2) is 0 Å². The van der Waals surface area contributed by atoms with Gasteiger partial charge in [0, 0.05) is 26.2 Å². The summed E-state index contributed by atoms with van der Waals surface area (Å²) >= 11 is 0. The molecule has 0 unspecified atom stereocenters. The number of sulfonamides is 1. The monoisotopic (exact) mass is 306 g/mol. The molecule has 108 valence electrons. The Morgan fingerprint density at radius 1 is 1.16 bits per heavy atom. The predicted molar refractivity (Wildman–Crippen MR) is 73.8 cm³/mol. The molecule has 0 bridgehead atoms. The number of fused-ring (bicyclic) bond motifs is 1. The van der Waals surface area contributed by atoms with Gasteiger partial charge in [-0.25, -0.2) is 8.42 Å². The highest BCUT2D eigenvalue weighted by molar-refractivity contribution is 7.89. The van der Waals surface area contributed by atoms with Gasteiger partial charge in [-0.05, 0) is 12.8 Å². The van der Waals surface area contributed by atoms with E-state index in [9.17, 15) is 8.42 Å². The zero-order chi connectivity index (χ0) is 12.6. The summed E-state index contributed by atoms with van der Waals surface area (Å²) in [7, 11) is -3.35. The fourth-order valence-electron chi connectivity index (χ4n) is 2.62. The van der Waals surface area contributed by atoms with Gasteiger partial charge in [0.1, 0.15) is 4.90 Å². The Morgan fingerprint density at radius 3 is 2.63 bits per heavy atom. The van der Waals surface area contributed by atoms with Gasteiger partial charge in [0.05, 0.1) is 18.4 Å². The lowest BCUT2D eigenvalue weighted by Crippen LogP contribution is -2.37. The molecule has 0 spiro atoms. The van der Waals surface area contributed by atoms with Crippen LogP contribution >= 0.6 is 12.4 Å². The number of hydrogen-bond donors (Lipinski definition) is 1. The van der Waals surface area contributed by atoms with Crippen LogP contribution in [0.1, 0.15) is 25.0 Å². The summed E-state index contributed by atoms with van der Waals surface area (Å²) in [6.45, 7) is 3.45. The van der Waals surface area contributed by atoms with Crippen molar-refractivity contribution >= 4 is 22.4 Å². The molecule has 2 aliphatic rings. The summed E-state index contributed by atoms with van der Waals surface area (Å²) in [6, 6.07) is 0. The largest absolute Gasteiger partial charge is 0.309 e. The molecule has 1 fully saturated rings. The Kier molecular flexibility index (Phi) is 4.50. The summed E-state index contributed by atoms with van der Waals surface area (Å²) < 4.78 is 28.5. The van der Waals surface area contributed by atoms with Crippen LogP contribution in [-0.2, 0) is 23.1 Å². The third-order valence-corrected chi connectivity index (χ3v) is 5.58. The average Bonchev–Trinajstić information content (AvgIpc) is 2.84. The lowest BCUT2D eigenvalue weighted by Gasteiger charge is -2.26. The van der Waals surface area contributed by atoms with Crippen LogP contribution in [0.4, 0.5) is 0 Å². The van der Waals surface area contributed by atoms with Crippen LogP contribution in [0.5, 0.6) is 0 Å². The summed E-state index contributed by atoms with van der Waals surface area (Å²) in [5.41, 5.74) is 0.798. The minimum absolute atomic E-state index is 0. The molecule has 0 saturated carbocycles. The molecule has 1 saturated heterocycles. The standard InChI is InChI=1S/C11H18N4O2S.ClH/c16-18(17,14-5-2-1-3-6-14)11-9-13-15-7-4-12-8-10(11)15;/h9,12H,1-8H2;1H. The normalized spacial score (nSPS) is 20.6. The fraction of sp³-hybridized carbons (Fsp3) is 0.727. The minimum atomic E-state index is -3.35. The molecular weight excluding hydrogens is 288 g/mol. The van der Waals surface area contributed by atoms with E-state index in [-0.39, 0.29) is 12.4 Å². The van der Waals surface area contributed by atoms with E-state index in [2.05, 4.69) is 10.4 Å². The predicted octanol–water partition coefficient (Wildman–Crippen LogP) is 0.583. The van der Waals surface area contributed by atoms with Gasteiger partial charge in [-0.3, -0.25) is 4.68 Å². The smallest absolute Gasteiger partial charge is 0.246 e. The molecule has 19 heavy (non-hydrogen) atoms. The molecule has 8 heteroatoms. The van der Waals surface area contributed by atoms with E-state index in [4.69, 9.17) is 0 Å². The van der Waals surface area contributed by atoms with Gasteiger partial charge < -0.3 is 5.32 Å². The third kappa shape index (κ3) is 2.65. The maximum absolute atomic E-state index is 12.6. The molecule has 0 radical (unpaired) electrons. The molecule has 1 aromatic heterocycles. The van der Waals surface area contributed by atoms with Crippen molar-refractivity contribution in [3.8, 4) is 0 Å². The van der Waals surface area contributed by atoms with Crippen molar-refractivity contribution < 1.29 is 8.42 Å². The van der Waals surface area contributed by atoms with Gasteiger partial charge >= 0.3 is 0 Å². The van der Waals surface area contributed by atoms with Crippen molar-refractivity contribution in [1.29, 1.82) is 0 Å². The van der Waals surface area contributed by atoms with Crippen molar-refractivity contribution in [2.24, 2.45) is 0 Å². The molecular formula is C11H19ClN4O2S. The van der Waals surface area contributed by atoms with Crippen molar-refractivity contribution in [1.82, 2.24) is 19.4 Å². The molecule has 3 heterocycles. The van der Waals surface area contributed by atoms with E-state index in [0.29, 0.717) is 24.5 Å². The third-order valence-electron chi connectivity index (χ3n) is 3.64. The van der Waals surface area contributed by atoms with Crippen molar-refractivity contribution in [2.75, 3.05) is 19.6 Å². The van der Waals surface area contributed by atoms with E-state index in [1.165, 1.54) is 6.20 Å². The molecule has 1 N–H and O–H groups in total. The Hall–Kier alpha value is -0.630. The average molecular weight is 307 g/mol. The summed E-state index contributed by atoms with van der Waals surface area (Å²) in [5.74, 6) is 0. The number of aromatic nitrogens is 2. The lowest BCUT2D eigenvalue weighted by atomic mass is 10.2. The van der Waals surface area contributed by atoms with E-state index >= 15 is 0 Å². The van der Waals surface area contributed by atoms with Crippen molar-refractivity contribution in [2.45, 2.75) is 37.2 Å². The first-order chi connectivity index (χ1) is 8.69. The minimum Gasteiger partial charge on any atom is -0.309 e. The maximum atomic E-state index is 12.6. The van der Waals surface area contributed by atoms with Crippen LogP contribution in [0.25, 0.3) is 0 Å². The number of rotatable bonds is 2. The number of nitrogens with zero attached hydrogens (tertiary/aromatic N) is 3. The van der Waals surface area contributed by atoms with Gasteiger partial charge in [0.2, 0.25) is 10.0 Å². The fourth-order valence-corrected chi connectivity index (χ4v) is 4.29. The Bertz CT molecular complexity index is 537. The molecule has 3 rings (SSSR count). The van der Waals surface area contributed by atoms with E-state index in [1.807, 2.05) is 0 Å². The molecule has 2 aliphatic heterocycles. The van der Waals surface area contributed by atoms with Gasteiger partial charge in [0.25, 0.3) is 0 Å². The lowest BCUT2D eigenvalue weighted by molar-refractivity contribution is 0.346. The van der Waals surface area contributed by atoms with Gasteiger partial charge in [-0.15, -0.1) is 12.4 Å². The maximum Gasteiger partial charge on any atom is 0.246 e. The molecule has 6 nitrogen and oxygen atoms in total. The second-order valence-corrected chi connectivity index (χ2v) is 6.73. The van der Waals surface area contributed by atoms with Crippen LogP contribution in [0.15, 0.2) is 11.1 Å². The van der Waals surface area contributed by atoms with Crippen molar-refractivity contribution in [3.05, 3.63) is 11.9 Å². The van der Waals surface area contributed by atoms with Crippen LogP contribution in [0.3, 0.4) is 0 Å². The topological polar surface area (TPSA) is 67.2 Å². The molecule has 0 atom stereocenters. The number of hydrogen-bond acceptors (Lipinski definition) is 4. The molecule has 0 aliphatic carbocycles. The van der Waals surface area contributed by atoms with E-state index in [1.54, 1.807) is 8.99 Å². The summed E-state index contributed by atoms with van der Waals surface area (Å²) in [5, 5.41) is 7.39. The van der Waals surface area contributed by atoms with Gasteiger partial charge in [-0.1, -0.05) is 6.42 Å². The van der Waals surface area contributed by atoms with E-state index in [0.717, 1.165) is 38.0 Å². The zero-order valence-corrected chi connectivity index (χ0v) is 12.3. The second kappa shape index (κ2) is 5.78. The first-order valence-electron chi connectivity index (χ1n) is 6.45. The van der Waals surface area contributed by atoms with Crippen LogP contribution in [0, 0.1) is 0 Å². The number of piperidine rings is 1. The first-order valence-corrected chi connectivity index (χ1v) is 7.89. The number of halogens is 1. The highest BCUT2D eigenvalue weighted by Gasteiger charge is 2.31. The second-order valence-electron chi connectivity index (χ2n) is 4.82. The SMILES string of the molecule is Cl.O=S(=O)(c1cnn2c1CNCC2)N1CCCCC1. The molecule has 1 aromatic rings. The van der Waals surface area contributed by atoms with Crippen LogP contribution in [0.2, 0.25) is 0 Å². The van der Waals surface area contributed by atoms with Gasteiger partial charge in [-0.2, -0.15) is 9.40 Å². The number of nitrogens with one attached hydrogen (secondary N) is 1. The summed E-state index contributed by atoms with van der Waals surface area (Å²) in [6.07, 6.45) is 4.55. The highest BCUT2D eigenvalue weighted by atomic mass is 35.5. The first kappa shape index (κ1) is 14.8. The Labute approximate surface area is 119 Å². The Morgan fingerprint density at radius 2 is 1.89 bits per heavy atom. The van der Waals surface area contributed by atoms with Crippen LogP contribution in [-0.4, -0.2) is 42.1 Å². The summed E-state index contributed by atoms with van der Waals surface area (Å²) in [4.78, 5) is 0.386. The van der Waals surface area contributed by atoms with Crippen LogP contribution < -0.4 is 5.32 Å². The van der Waals surface area contributed by atoms with E-state index < -0.39 is 10.0 Å². The molecule has 0 amide bonds. The highest BCUT2D eigenvalue weighted by Crippen LogP contribution is 2.24. The quantitative estimate of drug-likeness (QED) is 0.868. The van der Waals surface area contributed by atoms with Crippen molar-refractivity contribution in [3.63, 3.8) is 0 Å². The Balaban J connectivity index is 0.00000133. The molecule has 0 aromatic carbocycles. The zero-order valence-electron chi connectivity index (χ0n) is 10.7.